The maximum Gasteiger partial charge on any atom is 0.124 e. The van der Waals surface area contributed by atoms with Gasteiger partial charge in [0.2, 0.25) is 0 Å². The smallest absolute Gasteiger partial charge is 0.124 e. The van der Waals surface area contributed by atoms with Gasteiger partial charge in [0, 0.05) is 45.4 Å². The standard InChI is InChI=1S/C24H32N4O/c1-2-28-23-11-7-6-10-22(23)25-24(28)19-26-15-16-27(21(18-26)13-17-29)14-12-20-8-4-3-5-9-20/h3-11,21,29H,2,12-19H2,1H3/t21-/m1/s1. The number of nitrogens with zero attached hydrogens (tertiary/aromatic N) is 4. The molecule has 29 heavy (non-hydrogen) atoms. The minimum absolute atomic E-state index is 0.244. The maximum atomic E-state index is 9.61. The molecule has 1 aliphatic heterocycles. The Hall–Kier alpha value is -2.21. The highest BCUT2D eigenvalue weighted by atomic mass is 16.3. The lowest BCUT2D eigenvalue weighted by Gasteiger charge is -2.41. The molecule has 0 bridgehead atoms. The summed E-state index contributed by atoms with van der Waals surface area (Å²) in [5, 5.41) is 9.61. The summed E-state index contributed by atoms with van der Waals surface area (Å²) in [5.41, 5.74) is 3.69. The molecule has 5 heteroatoms. The van der Waals surface area contributed by atoms with E-state index in [0.29, 0.717) is 6.04 Å². The fourth-order valence-electron chi connectivity index (χ4n) is 4.53. The van der Waals surface area contributed by atoms with Gasteiger partial charge in [-0.25, -0.2) is 4.98 Å². The predicted molar refractivity (Wildman–Crippen MR) is 118 cm³/mol. The van der Waals surface area contributed by atoms with Crippen LogP contribution < -0.4 is 0 Å². The molecule has 5 nitrogen and oxygen atoms in total. The number of hydrogen-bond donors (Lipinski definition) is 1. The number of aryl methyl sites for hydroxylation is 1. The number of fused-ring (bicyclic) bond motifs is 1. The second-order valence-corrected chi connectivity index (χ2v) is 7.93. The van der Waals surface area contributed by atoms with E-state index in [1.54, 1.807) is 0 Å². The highest BCUT2D eigenvalue weighted by Crippen LogP contribution is 2.20. The van der Waals surface area contributed by atoms with Crippen LogP contribution in [0.15, 0.2) is 54.6 Å². The van der Waals surface area contributed by atoms with E-state index in [1.807, 2.05) is 0 Å². The predicted octanol–water partition coefficient (Wildman–Crippen LogP) is 3.17. The van der Waals surface area contributed by atoms with Crippen LogP contribution in [-0.4, -0.2) is 63.3 Å². The molecular weight excluding hydrogens is 360 g/mol. The van der Waals surface area contributed by atoms with E-state index in [2.05, 4.69) is 75.9 Å². The molecule has 0 amide bonds. The molecule has 3 aromatic rings. The highest BCUT2D eigenvalue weighted by Gasteiger charge is 2.27. The van der Waals surface area contributed by atoms with E-state index in [1.165, 1.54) is 11.1 Å². The number of aliphatic hydroxyl groups excluding tert-OH is 1. The molecule has 1 saturated heterocycles. The number of para-hydroxylation sites is 2. The van der Waals surface area contributed by atoms with Gasteiger partial charge < -0.3 is 9.67 Å². The first kappa shape index (κ1) is 20.1. The second-order valence-electron chi connectivity index (χ2n) is 7.93. The average Bonchev–Trinajstić information content (AvgIpc) is 3.11. The van der Waals surface area contributed by atoms with Crippen LogP contribution in [-0.2, 0) is 19.5 Å². The normalized spacial score (nSPS) is 18.5. The van der Waals surface area contributed by atoms with Gasteiger partial charge >= 0.3 is 0 Å². The van der Waals surface area contributed by atoms with Gasteiger partial charge in [0.25, 0.3) is 0 Å². The number of piperazine rings is 1. The lowest BCUT2D eigenvalue weighted by atomic mass is 10.1. The Kier molecular flexibility index (Phi) is 6.60. The Labute approximate surface area is 173 Å². The Morgan fingerprint density at radius 3 is 2.62 bits per heavy atom. The van der Waals surface area contributed by atoms with Gasteiger partial charge in [-0.1, -0.05) is 42.5 Å². The summed E-state index contributed by atoms with van der Waals surface area (Å²) in [7, 11) is 0. The topological polar surface area (TPSA) is 44.5 Å². The van der Waals surface area contributed by atoms with Crippen molar-refractivity contribution in [3.8, 4) is 0 Å². The quantitative estimate of drug-likeness (QED) is 0.640. The third-order valence-corrected chi connectivity index (χ3v) is 6.10. The van der Waals surface area contributed by atoms with Crippen LogP contribution in [0.25, 0.3) is 11.0 Å². The number of hydrogen-bond acceptors (Lipinski definition) is 4. The van der Waals surface area contributed by atoms with E-state index in [4.69, 9.17) is 4.98 Å². The number of aliphatic hydroxyl groups is 1. The highest BCUT2D eigenvalue weighted by molar-refractivity contribution is 5.75. The molecule has 2 aromatic carbocycles. The lowest BCUT2D eigenvalue weighted by molar-refractivity contribution is 0.0545. The summed E-state index contributed by atoms with van der Waals surface area (Å²) in [6.07, 6.45) is 1.89. The van der Waals surface area contributed by atoms with E-state index in [9.17, 15) is 5.11 Å². The van der Waals surface area contributed by atoms with Crippen molar-refractivity contribution >= 4 is 11.0 Å². The van der Waals surface area contributed by atoms with Gasteiger partial charge in [-0.05, 0) is 37.5 Å². The molecule has 1 aliphatic rings. The number of imidazole rings is 1. The van der Waals surface area contributed by atoms with Crippen molar-refractivity contribution in [1.82, 2.24) is 19.4 Å². The van der Waals surface area contributed by atoms with Gasteiger partial charge in [0.05, 0.1) is 17.6 Å². The van der Waals surface area contributed by atoms with Crippen molar-refractivity contribution in [2.24, 2.45) is 0 Å². The summed E-state index contributed by atoms with van der Waals surface area (Å²) in [6, 6.07) is 19.5. The molecule has 0 aliphatic carbocycles. The van der Waals surface area contributed by atoms with Gasteiger partial charge in [0.15, 0.2) is 0 Å². The monoisotopic (exact) mass is 392 g/mol. The van der Waals surface area contributed by atoms with Gasteiger partial charge in [-0.15, -0.1) is 0 Å². The van der Waals surface area contributed by atoms with Crippen LogP contribution in [0.4, 0.5) is 0 Å². The maximum absolute atomic E-state index is 9.61. The lowest BCUT2D eigenvalue weighted by Crippen LogP contribution is -2.53. The Morgan fingerprint density at radius 2 is 1.83 bits per heavy atom. The fraction of sp³-hybridized carbons (Fsp3) is 0.458. The number of benzene rings is 2. The first-order valence-electron chi connectivity index (χ1n) is 10.8. The molecule has 0 radical (unpaired) electrons. The molecule has 4 rings (SSSR count). The van der Waals surface area contributed by atoms with E-state index in [0.717, 1.165) is 63.5 Å². The van der Waals surface area contributed by atoms with Crippen LogP contribution in [0.3, 0.4) is 0 Å². The molecule has 154 valence electrons. The number of rotatable bonds is 8. The Morgan fingerprint density at radius 1 is 1.03 bits per heavy atom. The first-order valence-corrected chi connectivity index (χ1v) is 10.8. The van der Waals surface area contributed by atoms with E-state index in [-0.39, 0.29) is 6.61 Å². The van der Waals surface area contributed by atoms with Crippen LogP contribution in [0.2, 0.25) is 0 Å². The van der Waals surface area contributed by atoms with Crippen LogP contribution in [0, 0.1) is 0 Å². The van der Waals surface area contributed by atoms with Crippen LogP contribution >= 0.6 is 0 Å². The fourth-order valence-corrected chi connectivity index (χ4v) is 4.53. The summed E-state index contributed by atoms with van der Waals surface area (Å²) in [4.78, 5) is 9.97. The zero-order chi connectivity index (χ0) is 20.1. The molecular formula is C24H32N4O. The van der Waals surface area contributed by atoms with E-state index < -0.39 is 0 Å². The largest absolute Gasteiger partial charge is 0.396 e. The van der Waals surface area contributed by atoms with Gasteiger partial charge in [0.1, 0.15) is 5.82 Å². The van der Waals surface area contributed by atoms with Crippen molar-refractivity contribution in [1.29, 1.82) is 0 Å². The summed E-state index contributed by atoms with van der Waals surface area (Å²) in [5.74, 6) is 1.15. The van der Waals surface area contributed by atoms with E-state index >= 15 is 0 Å². The summed E-state index contributed by atoms with van der Waals surface area (Å²) in [6.45, 7) is 8.37. The zero-order valence-electron chi connectivity index (χ0n) is 17.4. The van der Waals surface area contributed by atoms with Crippen molar-refractivity contribution < 1.29 is 5.11 Å². The minimum atomic E-state index is 0.244. The van der Waals surface area contributed by atoms with Crippen LogP contribution in [0.5, 0.6) is 0 Å². The van der Waals surface area contributed by atoms with Crippen molar-refractivity contribution in [2.45, 2.75) is 38.9 Å². The molecule has 0 spiro atoms. The van der Waals surface area contributed by atoms with Crippen LogP contribution in [0.1, 0.15) is 24.7 Å². The molecule has 1 aromatic heterocycles. The average molecular weight is 393 g/mol. The Bertz CT molecular complexity index is 908. The van der Waals surface area contributed by atoms with Gasteiger partial charge in [-0.3, -0.25) is 9.80 Å². The molecule has 0 unspecified atom stereocenters. The third kappa shape index (κ3) is 4.69. The third-order valence-electron chi connectivity index (χ3n) is 6.10. The Balaban J connectivity index is 1.42. The summed E-state index contributed by atoms with van der Waals surface area (Å²) >= 11 is 0. The second kappa shape index (κ2) is 9.53. The summed E-state index contributed by atoms with van der Waals surface area (Å²) < 4.78 is 2.33. The van der Waals surface area contributed by atoms with Crippen molar-refractivity contribution in [3.05, 3.63) is 66.0 Å². The minimum Gasteiger partial charge on any atom is -0.396 e. The molecule has 1 fully saturated rings. The number of aromatic nitrogens is 2. The van der Waals surface area contributed by atoms with Gasteiger partial charge in [-0.2, -0.15) is 0 Å². The molecule has 1 atom stereocenters. The first-order chi connectivity index (χ1) is 14.3. The molecule has 1 N–H and O–H groups in total. The molecule has 2 heterocycles. The van der Waals surface area contributed by atoms with Crippen molar-refractivity contribution in [2.75, 3.05) is 32.8 Å². The SMILES string of the molecule is CCn1c(CN2CCN(CCc3ccccc3)[C@H](CCO)C2)nc2ccccc21. The zero-order valence-corrected chi connectivity index (χ0v) is 17.4. The molecule has 0 saturated carbocycles. The van der Waals surface area contributed by atoms with Crippen molar-refractivity contribution in [3.63, 3.8) is 0 Å².